The average Bonchev–Trinajstić information content (AvgIpc) is 2.17. The van der Waals surface area contributed by atoms with Crippen LogP contribution in [0.25, 0.3) is 0 Å². The Morgan fingerprint density at radius 1 is 1.33 bits per heavy atom. The molecule has 1 aliphatic heterocycles. The van der Waals surface area contributed by atoms with E-state index in [0.29, 0.717) is 19.8 Å². The minimum Gasteiger partial charge on any atom is -0.381 e. The molecule has 0 aromatic carbocycles. The fourth-order valence-corrected chi connectivity index (χ4v) is 2.15. The van der Waals surface area contributed by atoms with Gasteiger partial charge in [0.15, 0.2) is 0 Å². The lowest BCUT2D eigenvalue weighted by Gasteiger charge is -2.30. The Morgan fingerprint density at radius 2 is 1.93 bits per heavy atom. The van der Waals surface area contributed by atoms with Gasteiger partial charge in [-0.25, -0.2) is 0 Å². The second-order valence-electron chi connectivity index (χ2n) is 4.09. The van der Waals surface area contributed by atoms with Crippen molar-refractivity contribution in [3.63, 3.8) is 0 Å². The van der Waals surface area contributed by atoms with Crippen molar-refractivity contribution in [3.05, 3.63) is 0 Å². The average molecular weight is 225 g/mol. The van der Waals surface area contributed by atoms with Gasteiger partial charge in [-0.1, -0.05) is 0 Å². The monoisotopic (exact) mass is 225 g/mol. The van der Waals surface area contributed by atoms with Gasteiger partial charge in [0.05, 0.1) is 0 Å². The molecule has 1 fully saturated rings. The van der Waals surface area contributed by atoms with Gasteiger partial charge in [0.25, 0.3) is 0 Å². The Labute approximate surface area is 88.2 Å². The highest BCUT2D eigenvalue weighted by Gasteiger charge is 2.35. The summed E-state index contributed by atoms with van der Waals surface area (Å²) in [6.07, 6.45) is -3.23. The lowest BCUT2D eigenvalue weighted by Crippen LogP contribution is -2.33. The summed E-state index contributed by atoms with van der Waals surface area (Å²) in [6, 6.07) is 0. The number of hydrogen-bond acceptors (Lipinski definition) is 2. The smallest absolute Gasteiger partial charge is 0.381 e. The summed E-state index contributed by atoms with van der Waals surface area (Å²) in [4.78, 5) is 0. The third kappa shape index (κ3) is 4.84. The van der Waals surface area contributed by atoms with Crippen LogP contribution >= 0.6 is 0 Å². The predicted molar refractivity (Wildman–Crippen MR) is 51.6 cm³/mol. The first-order valence-corrected chi connectivity index (χ1v) is 5.32. The second-order valence-corrected chi connectivity index (χ2v) is 4.09. The summed E-state index contributed by atoms with van der Waals surface area (Å²) in [5, 5.41) is 2.85. The van der Waals surface area contributed by atoms with Crippen molar-refractivity contribution >= 4 is 0 Å². The highest BCUT2D eigenvalue weighted by Crippen LogP contribution is 2.33. The first-order valence-electron chi connectivity index (χ1n) is 5.32. The first kappa shape index (κ1) is 12.8. The summed E-state index contributed by atoms with van der Waals surface area (Å²) >= 11 is 0. The number of rotatable bonds is 4. The summed E-state index contributed by atoms with van der Waals surface area (Å²) < 4.78 is 42.1. The Kier molecular flexibility index (Phi) is 4.86. The Balaban J connectivity index is 2.47. The van der Waals surface area contributed by atoms with Crippen LogP contribution in [0.4, 0.5) is 13.2 Å². The van der Waals surface area contributed by atoms with Crippen LogP contribution in [0, 0.1) is 11.8 Å². The van der Waals surface area contributed by atoms with Crippen molar-refractivity contribution in [2.24, 2.45) is 11.8 Å². The van der Waals surface area contributed by atoms with E-state index in [4.69, 9.17) is 4.74 Å². The fourth-order valence-electron chi connectivity index (χ4n) is 2.15. The van der Waals surface area contributed by atoms with Gasteiger partial charge in [-0.05, 0) is 38.3 Å². The minimum absolute atomic E-state index is 0.146. The van der Waals surface area contributed by atoms with E-state index < -0.39 is 12.6 Å². The lowest BCUT2D eigenvalue weighted by molar-refractivity contribution is -0.150. The predicted octanol–water partition coefficient (Wildman–Crippen LogP) is 2.20. The van der Waals surface area contributed by atoms with E-state index in [1.54, 1.807) is 7.05 Å². The van der Waals surface area contributed by atoms with Crippen molar-refractivity contribution in [3.8, 4) is 0 Å². The fraction of sp³-hybridized carbons (Fsp3) is 1.00. The molecule has 0 radical (unpaired) electrons. The second kappa shape index (κ2) is 5.70. The van der Waals surface area contributed by atoms with E-state index >= 15 is 0 Å². The maximum Gasteiger partial charge on any atom is 0.389 e. The summed E-state index contributed by atoms with van der Waals surface area (Å²) in [5.41, 5.74) is 0. The molecule has 0 aromatic rings. The highest BCUT2D eigenvalue weighted by molar-refractivity contribution is 4.76. The Hall–Kier alpha value is -0.290. The number of ether oxygens (including phenoxy) is 1. The quantitative estimate of drug-likeness (QED) is 0.792. The zero-order valence-electron chi connectivity index (χ0n) is 8.94. The van der Waals surface area contributed by atoms with Gasteiger partial charge in [-0.3, -0.25) is 0 Å². The van der Waals surface area contributed by atoms with E-state index in [0.717, 1.165) is 12.8 Å². The molecule has 0 bridgehead atoms. The molecule has 1 aliphatic rings. The van der Waals surface area contributed by atoms with Crippen LogP contribution < -0.4 is 5.32 Å². The van der Waals surface area contributed by atoms with Gasteiger partial charge in [0.2, 0.25) is 0 Å². The topological polar surface area (TPSA) is 21.3 Å². The van der Waals surface area contributed by atoms with E-state index in [-0.39, 0.29) is 11.8 Å². The van der Waals surface area contributed by atoms with E-state index in [2.05, 4.69) is 5.32 Å². The van der Waals surface area contributed by atoms with Crippen molar-refractivity contribution in [1.29, 1.82) is 0 Å². The molecule has 1 rings (SSSR count). The van der Waals surface area contributed by atoms with Crippen molar-refractivity contribution in [2.75, 3.05) is 26.8 Å². The van der Waals surface area contributed by atoms with Crippen LogP contribution in [-0.4, -0.2) is 33.0 Å². The van der Waals surface area contributed by atoms with Gasteiger partial charge in [0.1, 0.15) is 0 Å². The van der Waals surface area contributed by atoms with Crippen LogP contribution in [-0.2, 0) is 4.74 Å². The molecule has 1 saturated heterocycles. The highest BCUT2D eigenvalue weighted by atomic mass is 19.4. The first-order chi connectivity index (χ1) is 7.03. The van der Waals surface area contributed by atoms with Gasteiger partial charge in [-0.2, -0.15) is 13.2 Å². The third-order valence-corrected chi connectivity index (χ3v) is 2.89. The minimum atomic E-state index is -4.06. The standard InChI is InChI=1S/C10H18F3NO/c1-14-7-9(6-10(11,12)13)8-2-4-15-5-3-8/h8-9,14H,2-7H2,1H3/t9-/m0/s1. The molecule has 0 aliphatic carbocycles. The summed E-state index contributed by atoms with van der Waals surface area (Å²) in [5.74, 6) is -0.160. The van der Waals surface area contributed by atoms with E-state index in [1.807, 2.05) is 0 Å². The van der Waals surface area contributed by atoms with Gasteiger partial charge in [0, 0.05) is 19.6 Å². The number of alkyl halides is 3. The molecule has 5 heteroatoms. The van der Waals surface area contributed by atoms with E-state index in [1.165, 1.54) is 0 Å². The molecule has 0 spiro atoms. The van der Waals surface area contributed by atoms with Crippen molar-refractivity contribution < 1.29 is 17.9 Å². The van der Waals surface area contributed by atoms with Gasteiger partial charge in [-0.15, -0.1) is 0 Å². The van der Waals surface area contributed by atoms with Gasteiger partial charge < -0.3 is 10.1 Å². The van der Waals surface area contributed by atoms with Crippen LogP contribution in [0.15, 0.2) is 0 Å². The molecule has 0 unspecified atom stereocenters. The zero-order chi connectivity index (χ0) is 11.3. The molecule has 90 valence electrons. The zero-order valence-corrected chi connectivity index (χ0v) is 8.94. The lowest BCUT2D eigenvalue weighted by atomic mass is 9.83. The van der Waals surface area contributed by atoms with Crippen molar-refractivity contribution in [2.45, 2.75) is 25.4 Å². The molecule has 1 atom stereocenters. The summed E-state index contributed by atoms with van der Waals surface area (Å²) in [6.45, 7) is 1.63. The molecular weight excluding hydrogens is 207 g/mol. The number of halogens is 3. The molecule has 1 heterocycles. The van der Waals surface area contributed by atoms with Crippen LogP contribution in [0.5, 0.6) is 0 Å². The normalized spacial score (nSPS) is 21.6. The maximum absolute atomic E-state index is 12.3. The molecule has 2 nitrogen and oxygen atoms in total. The van der Waals surface area contributed by atoms with Crippen molar-refractivity contribution in [1.82, 2.24) is 5.32 Å². The summed E-state index contributed by atoms with van der Waals surface area (Å²) in [7, 11) is 1.70. The molecule has 0 saturated carbocycles. The van der Waals surface area contributed by atoms with E-state index in [9.17, 15) is 13.2 Å². The molecule has 15 heavy (non-hydrogen) atoms. The van der Waals surface area contributed by atoms with Crippen LogP contribution in [0.1, 0.15) is 19.3 Å². The molecule has 0 amide bonds. The largest absolute Gasteiger partial charge is 0.389 e. The molecule has 1 N–H and O–H groups in total. The van der Waals surface area contributed by atoms with Crippen LogP contribution in [0.3, 0.4) is 0 Å². The Bertz CT molecular complexity index is 178. The number of hydrogen-bond donors (Lipinski definition) is 1. The third-order valence-electron chi connectivity index (χ3n) is 2.89. The Morgan fingerprint density at radius 3 is 2.40 bits per heavy atom. The SMILES string of the molecule is CNC[C@H](CC(F)(F)F)C1CCOCC1. The molecular formula is C10H18F3NO. The maximum atomic E-state index is 12.3. The number of nitrogens with one attached hydrogen (secondary N) is 1. The molecule has 0 aromatic heterocycles. The van der Waals surface area contributed by atoms with Crippen LogP contribution in [0.2, 0.25) is 0 Å². The van der Waals surface area contributed by atoms with Gasteiger partial charge >= 0.3 is 6.18 Å².